The molecular weight excluding hydrogens is 326 g/mol. The Bertz CT molecular complexity index is 1110. The molecule has 6 heteroatoms. The minimum Gasteiger partial charge on any atom is -0.457 e. The lowest BCUT2D eigenvalue weighted by atomic mass is 10.0. The Morgan fingerprint density at radius 1 is 1.04 bits per heavy atom. The van der Waals surface area contributed by atoms with Gasteiger partial charge in [0.1, 0.15) is 17.1 Å². The summed E-state index contributed by atoms with van der Waals surface area (Å²) in [4.78, 5) is 8.47. The maximum Gasteiger partial charge on any atom is 0.144 e. The summed E-state index contributed by atoms with van der Waals surface area (Å²) >= 11 is 0. The molecule has 126 valence electrons. The molecule has 0 fully saturated rings. The number of hydrogen-bond acceptors (Lipinski definition) is 5. The third kappa shape index (κ3) is 2.77. The van der Waals surface area contributed by atoms with Crippen molar-refractivity contribution in [3.8, 4) is 28.7 Å². The van der Waals surface area contributed by atoms with Gasteiger partial charge in [0.25, 0.3) is 0 Å². The molecule has 0 aliphatic heterocycles. The number of imidazole rings is 1. The van der Waals surface area contributed by atoms with Crippen LogP contribution in [-0.2, 0) is 6.54 Å². The maximum atomic E-state index is 9.25. The van der Waals surface area contributed by atoms with Gasteiger partial charge >= 0.3 is 0 Å². The fourth-order valence-corrected chi connectivity index (χ4v) is 2.88. The van der Waals surface area contributed by atoms with Gasteiger partial charge in [-0.05, 0) is 42.5 Å². The zero-order valence-electron chi connectivity index (χ0n) is 13.8. The predicted octanol–water partition coefficient (Wildman–Crippen LogP) is 3.52. The number of hydrogen-bond donors (Lipinski definition) is 1. The van der Waals surface area contributed by atoms with Gasteiger partial charge in [-0.2, -0.15) is 5.26 Å². The number of ether oxygens (including phenoxy) is 1. The van der Waals surface area contributed by atoms with E-state index in [0.29, 0.717) is 23.6 Å². The van der Waals surface area contributed by atoms with Gasteiger partial charge in [-0.1, -0.05) is 0 Å². The first-order valence-corrected chi connectivity index (χ1v) is 8.07. The van der Waals surface area contributed by atoms with Crippen molar-refractivity contribution in [1.29, 1.82) is 5.26 Å². The second kappa shape index (κ2) is 6.67. The van der Waals surface area contributed by atoms with E-state index in [-0.39, 0.29) is 0 Å². The lowest BCUT2D eigenvalue weighted by Crippen LogP contribution is -2.04. The summed E-state index contributed by atoms with van der Waals surface area (Å²) in [6, 6.07) is 15.0. The molecule has 0 atom stereocenters. The molecule has 4 rings (SSSR count). The third-order valence-electron chi connectivity index (χ3n) is 4.12. The zero-order chi connectivity index (χ0) is 17.9. The number of nitrogens with two attached hydrogens (primary N) is 1. The third-order valence-corrected chi connectivity index (χ3v) is 4.12. The standard InChI is InChI=1S/C20H15N5O/c21-12-14-1-3-17(19(11-14)26-16-5-7-23-8-6-16)18-4-2-15(13-22)25-10-9-24-20(18)25/h1-11H,13,22H2. The Morgan fingerprint density at radius 2 is 1.85 bits per heavy atom. The molecule has 0 unspecified atom stereocenters. The van der Waals surface area contributed by atoms with Crippen LogP contribution in [0.5, 0.6) is 11.5 Å². The number of pyridine rings is 2. The smallest absolute Gasteiger partial charge is 0.144 e. The summed E-state index contributed by atoms with van der Waals surface area (Å²) < 4.78 is 8.00. The van der Waals surface area contributed by atoms with Crippen molar-refractivity contribution in [2.45, 2.75) is 6.54 Å². The number of aromatic nitrogens is 3. The van der Waals surface area contributed by atoms with Crippen LogP contribution in [0.4, 0.5) is 0 Å². The van der Waals surface area contributed by atoms with Crippen molar-refractivity contribution < 1.29 is 4.74 Å². The first-order valence-electron chi connectivity index (χ1n) is 8.07. The Balaban J connectivity index is 1.89. The highest BCUT2D eigenvalue weighted by molar-refractivity contribution is 5.82. The van der Waals surface area contributed by atoms with E-state index in [0.717, 1.165) is 22.5 Å². The molecule has 0 aliphatic rings. The van der Waals surface area contributed by atoms with Crippen LogP contribution in [0, 0.1) is 11.3 Å². The Kier molecular flexibility index (Phi) is 4.06. The van der Waals surface area contributed by atoms with E-state index >= 15 is 0 Å². The van der Waals surface area contributed by atoms with Gasteiger partial charge in [0, 0.05) is 48.2 Å². The van der Waals surface area contributed by atoms with Crippen molar-refractivity contribution in [2.24, 2.45) is 5.73 Å². The molecule has 0 saturated heterocycles. The quantitative estimate of drug-likeness (QED) is 0.613. The fourth-order valence-electron chi connectivity index (χ4n) is 2.88. The topological polar surface area (TPSA) is 89.2 Å². The van der Waals surface area contributed by atoms with Gasteiger partial charge in [-0.25, -0.2) is 4.98 Å². The van der Waals surface area contributed by atoms with E-state index in [9.17, 15) is 5.26 Å². The van der Waals surface area contributed by atoms with Crippen molar-refractivity contribution in [3.63, 3.8) is 0 Å². The first-order chi connectivity index (χ1) is 12.8. The van der Waals surface area contributed by atoms with Gasteiger partial charge in [-0.15, -0.1) is 0 Å². The molecule has 0 aliphatic carbocycles. The van der Waals surface area contributed by atoms with Crippen LogP contribution in [0.1, 0.15) is 11.3 Å². The highest BCUT2D eigenvalue weighted by atomic mass is 16.5. The monoisotopic (exact) mass is 341 g/mol. The summed E-state index contributed by atoms with van der Waals surface area (Å²) in [5, 5.41) is 9.25. The van der Waals surface area contributed by atoms with Gasteiger partial charge in [-0.3, -0.25) is 4.98 Å². The number of nitriles is 1. The largest absolute Gasteiger partial charge is 0.457 e. The van der Waals surface area contributed by atoms with Crippen LogP contribution >= 0.6 is 0 Å². The summed E-state index contributed by atoms with van der Waals surface area (Å²) in [7, 11) is 0. The van der Waals surface area contributed by atoms with E-state index in [2.05, 4.69) is 16.0 Å². The number of nitrogens with zero attached hydrogens (tertiary/aromatic N) is 4. The molecule has 3 heterocycles. The summed E-state index contributed by atoms with van der Waals surface area (Å²) in [5.41, 5.74) is 9.85. The van der Waals surface area contributed by atoms with Crippen LogP contribution < -0.4 is 10.5 Å². The summed E-state index contributed by atoms with van der Waals surface area (Å²) in [6.07, 6.45) is 6.94. The van der Waals surface area contributed by atoms with Gasteiger partial charge in [0.05, 0.1) is 11.6 Å². The average molecular weight is 341 g/mol. The Hall–Kier alpha value is -3.69. The lowest BCUT2D eigenvalue weighted by molar-refractivity contribution is 0.483. The molecule has 0 saturated carbocycles. The molecule has 0 bridgehead atoms. The number of benzene rings is 1. The van der Waals surface area contributed by atoms with Crippen molar-refractivity contribution >= 4 is 5.65 Å². The molecular formula is C20H15N5O. The van der Waals surface area contributed by atoms with Crippen LogP contribution in [0.2, 0.25) is 0 Å². The first kappa shape index (κ1) is 15.8. The average Bonchev–Trinajstić information content (AvgIpc) is 3.18. The molecule has 0 amide bonds. The molecule has 1 aromatic carbocycles. The summed E-state index contributed by atoms with van der Waals surface area (Å²) in [5.74, 6) is 1.23. The predicted molar refractivity (Wildman–Crippen MR) is 97.5 cm³/mol. The molecule has 4 aromatic rings. The lowest BCUT2D eigenvalue weighted by Gasteiger charge is -2.14. The van der Waals surface area contributed by atoms with E-state index in [1.807, 2.05) is 28.8 Å². The van der Waals surface area contributed by atoms with Gasteiger partial charge in [0.15, 0.2) is 0 Å². The highest BCUT2D eigenvalue weighted by Gasteiger charge is 2.14. The Morgan fingerprint density at radius 3 is 2.62 bits per heavy atom. The van der Waals surface area contributed by atoms with Crippen LogP contribution in [0.3, 0.4) is 0 Å². The van der Waals surface area contributed by atoms with Crippen molar-refractivity contribution in [3.05, 3.63) is 78.5 Å². The highest BCUT2D eigenvalue weighted by Crippen LogP contribution is 2.36. The molecule has 3 aromatic heterocycles. The molecule has 0 spiro atoms. The normalized spacial score (nSPS) is 10.6. The van der Waals surface area contributed by atoms with Crippen molar-refractivity contribution in [2.75, 3.05) is 0 Å². The fraction of sp³-hybridized carbons (Fsp3) is 0.0500. The van der Waals surface area contributed by atoms with Crippen LogP contribution in [0.15, 0.2) is 67.3 Å². The minimum absolute atomic E-state index is 0.418. The second-order valence-corrected chi connectivity index (χ2v) is 5.67. The van der Waals surface area contributed by atoms with Gasteiger partial charge < -0.3 is 14.9 Å². The van der Waals surface area contributed by atoms with E-state index < -0.39 is 0 Å². The van der Waals surface area contributed by atoms with E-state index in [1.165, 1.54) is 0 Å². The van der Waals surface area contributed by atoms with Gasteiger partial charge in [0.2, 0.25) is 0 Å². The molecule has 2 N–H and O–H groups in total. The number of fused-ring (bicyclic) bond motifs is 1. The minimum atomic E-state index is 0.418. The van der Waals surface area contributed by atoms with Crippen LogP contribution in [-0.4, -0.2) is 14.4 Å². The zero-order valence-corrected chi connectivity index (χ0v) is 13.8. The van der Waals surface area contributed by atoms with Crippen molar-refractivity contribution in [1.82, 2.24) is 14.4 Å². The van der Waals surface area contributed by atoms with E-state index in [4.69, 9.17) is 10.5 Å². The SMILES string of the molecule is N#Cc1ccc(-c2ccc(CN)n3ccnc23)c(Oc2ccncc2)c1. The number of rotatable bonds is 4. The Labute approximate surface area is 150 Å². The van der Waals surface area contributed by atoms with E-state index in [1.54, 1.807) is 42.9 Å². The second-order valence-electron chi connectivity index (χ2n) is 5.67. The van der Waals surface area contributed by atoms with Crippen LogP contribution in [0.25, 0.3) is 16.8 Å². The maximum absolute atomic E-state index is 9.25. The molecule has 6 nitrogen and oxygen atoms in total. The molecule has 26 heavy (non-hydrogen) atoms. The summed E-state index contributed by atoms with van der Waals surface area (Å²) in [6.45, 7) is 0.418. The molecule has 0 radical (unpaired) electrons.